The fourth-order valence-corrected chi connectivity index (χ4v) is 6.06. The van der Waals surface area contributed by atoms with Gasteiger partial charge in [-0.2, -0.15) is 4.98 Å². The highest BCUT2D eigenvalue weighted by molar-refractivity contribution is 7.21. The molecule has 35 heavy (non-hydrogen) atoms. The van der Waals surface area contributed by atoms with Crippen LogP contribution in [0, 0.1) is 18.8 Å². The van der Waals surface area contributed by atoms with E-state index in [1.807, 2.05) is 13.0 Å². The summed E-state index contributed by atoms with van der Waals surface area (Å²) in [4.78, 5) is 20.8. The van der Waals surface area contributed by atoms with Crippen molar-refractivity contribution in [2.45, 2.75) is 44.4 Å². The summed E-state index contributed by atoms with van der Waals surface area (Å²) in [6, 6.07) is 1.48. The average Bonchev–Trinajstić information content (AvgIpc) is 3.39. The van der Waals surface area contributed by atoms with Crippen molar-refractivity contribution in [3.05, 3.63) is 24.2 Å². The molecule has 1 saturated carbocycles. The Morgan fingerprint density at radius 3 is 2.66 bits per heavy atom. The number of hydrogen-bond acceptors (Lipinski definition) is 11. The first-order chi connectivity index (χ1) is 16.9. The van der Waals surface area contributed by atoms with E-state index in [2.05, 4.69) is 27.6 Å². The molecule has 5 N–H and O–H groups in total. The van der Waals surface area contributed by atoms with Gasteiger partial charge in [0.1, 0.15) is 22.4 Å². The predicted octanol–water partition coefficient (Wildman–Crippen LogP) is 1.72. The molecule has 1 aliphatic heterocycles. The lowest BCUT2D eigenvalue weighted by molar-refractivity contribution is 0.00446. The summed E-state index contributed by atoms with van der Waals surface area (Å²) >= 11 is 1.54. The van der Waals surface area contributed by atoms with Gasteiger partial charge in [-0.3, -0.25) is 4.98 Å². The Morgan fingerprint density at radius 2 is 1.94 bits per heavy atom. The third-order valence-electron chi connectivity index (χ3n) is 7.24. The normalized spacial score (nSPS) is 25.9. The number of thiazole rings is 1. The van der Waals surface area contributed by atoms with Gasteiger partial charge in [-0.15, -0.1) is 11.3 Å². The average molecular weight is 500 g/mol. The molecule has 4 atom stereocenters. The van der Waals surface area contributed by atoms with Gasteiger partial charge < -0.3 is 30.9 Å². The largest absolute Gasteiger partial charge is 0.396 e. The van der Waals surface area contributed by atoms with E-state index >= 15 is 0 Å². The summed E-state index contributed by atoms with van der Waals surface area (Å²) in [5, 5.41) is 38.1. The van der Waals surface area contributed by atoms with Crippen molar-refractivity contribution in [1.29, 1.82) is 0 Å². The zero-order valence-corrected chi connectivity index (χ0v) is 20.9. The zero-order valence-electron chi connectivity index (χ0n) is 20.1. The van der Waals surface area contributed by atoms with E-state index in [4.69, 9.17) is 15.0 Å². The van der Waals surface area contributed by atoms with E-state index in [9.17, 15) is 15.3 Å². The zero-order chi connectivity index (χ0) is 24.5. The summed E-state index contributed by atoms with van der Waals surface area (Å²) in [6.07, 6.45) is 4.20. The molecule has 0 amide bonds. The second kappa shape index (κ2) is 10.3. The maximum Gasteiger partial charge on any atom is 0.224 e. The smallest absolute Gasteiger partial charge is 0.224 e. The van der Waals surface area contributed by atoms with Gasteiger partial charge in [-0.05, 0) is 58.3 Å². The number of aromatic nitrogens is 4. The third kappa shape index (κ3) is 5.10. The fraction of sp³-hybridized carbons (Fsp3) is 0.583. The van der Waals surface area contributed by atoms with Crippen molar-refractivity contribution < 1.29 is 15.3 Å². The molecule has 2 fully saturated rings. The van der Waals surface area contributed by atoms with Crippen molar-refractivity contribution in [2.24, 2.45) is 11.8 Å². The number of aryl methyl sites for hydroxylation is 1. The highest BCUT2D eigenvalue weighted by atomic mass is 32.1. The quantitative estimate of drug-likeness (QED) is 0.326. The van der Waals surface area contributed by atoms with E-state index in [0.717, 1.165) is 59.0 Å². The lowest BCUT2D eigenvalue weighted by atomic mass is 9.97. The topological polar surface area (TPSA) is 140 Å². The minimum absolute atomic E-state index is 0.180. The van der Waals surface area contributed by atoms with Crippen molar-refractivity contribution in [3.63, 3.8) is 0 Å². The van der Waals surface area contributed by atoms with Crippen LogP contribution >= 0.6 is 11.3 Å². The minimum Gasteiger partial charge on any atom is -0.396 e. The number of hydrogen-bond donors (Lipinski definition) is 5. The minimum atomic E-state index is -1.01. The van der Waals surface area contributed by atoms with Crippen LogP contribution in [0.1, 0.15) is 25.0 Å². The molecule has 5 rings (SSSR count). The van der Waals surface area contributed by atoms with Gasteiger partial charge >= 0.3 is 0 Å². The molecule has 3 aromatic heterocycles. The summed E-state index contributed by atoms with van der Waals surface area (Å²) < 4.78 is 1.02. The Hall–Kier alpha value is -2.44. The summed E-state index contributed by atoms with van der Waals surface area (Å²) in [5.41, 5.74) is 2.34. The molecule has 0 aromatic carbocycles. The molecule has 11 heteroatoms. The predicted molar refractivity (Wildman–Crippen MR) is 137 cm³/mol. The van der Waals surface area contributed by atoms with E-state index in [1.165, 1.54) is 11.3 Å². The lowest BCUT2D eigenvalue weighted by Gasteiger charge is -2.29. The molecule has 1 aliphatic carbocycles. The van der Waals surface area contributed by atoms with E-state index in [-0.39, 0.29) is 12.5 Å². The number of nitrogens with one attached hydrogen (secondary N) is 2. The number of pyridine rings is 1. The number of piperidine rings is 1. The van der Waals surface area contributed by atoms with E-state index in [0.29, 0.717) is 24.1 Å². The maximum atomic E-state index is 10.6. The van der Waals surface area contributed by atoms with Crippen LogP contribution in [0.5, 0.6) is 0 Å². The van der Waals surface area contributed by atoms with Crippen molar-refractivity contribution in [3.8, 4) is 10.6 Å². The van der Waals surface area contributed by atoms with Crippen molar-refractivity contribution in [2.75, 3.05) is 43.9 Å². The van der Waals surface area contributed by atoms with Crippen molar-refractivity contribution >= 4 is 33.3 Å². The van der Waals surface area contributed by atoms with Gasteiger partial charge in [0, 0.05) is 25.3 Å². The molecule has 0 unspecified atom stereocenters. The first kappa shape index (κ1) is 24.3. The first-order valence-corrected chi connectivity index (χ1v) is 13.0. The molecule has 2 aliphatic rings. The molecule has 0 bridgehead atoms. The van der Waals surface area contributed by atoms with Gasteiger partial charge in [-0.1, -0.05) is 0 Å². The number of rotatable bonds is 7. The highest BCUT2D eigenvalue weighted by Gasteiger charge is 2.41. The van der Waals surface area contributed by atoms with Crippen LogP contribution in [-0.4, -0.2) is 91.7 Å². The van der Waals surface area contributed by atoms with Crippen LogP contribution < -0.4 is 10.6 Å². The standard InChI is InChI=1S/C24H33N7O3S/c1-13-19(23-29-17-11-25-6-3-18(17)35-23)22(28-16-9-15(12-32)20(33)21(16)34)30-24(27-13)26-10-14-4-7-31(2)8-5-14/h3,6,11,14-16,20-21,32-34H,4-5,7-10,12H2,1-2H3,(H2,26,27,28,30)/t15-,16-,20-,21+/m1/s1. The van der Waals surface area contributed by atoms with E-state index in [1.54, 1.807) is 12.4 Å². The molecular weight excluding hydrogens is 466 g/mol. The Bertz CT molecular complexity index is 1130. The van der Waals surface area contributed by atoms with Crippen LogP contribution in [-0.2, 0) is 0 Å². The summed E-state index contributed by atoms with van der Waals surface area (Å²) in [7, 11) is 2.15. The second-order valence-corrected chi connectivity index (χ2v) is 10.8. The Kier molecular flexibility index (Phi) is 7.12. The van der Waals surface area contributed by atoms with Gasteiger partial charge in [-0.25, -0.2) is 9.97 Å². The number of fused-ring (bicyclic) bond motifs is 1. The molecule has 0 spiro atoms. The number of aliphatic hydroxyl groups excluding tert-OH is 3. The van der Waals surface area contributed by atoms with Gasteiger partial charge in [0.05, 0.1) is 34.3 Å². The Balaban J connectivity index is 1.45. The number of anilines is 2. The number of likely N-dealkylation sites (tertiary alicyclic amines) is 1. The molecule has 0 radical (unpaired) electrons. The van der Waals surface area contributed by atoms with Crippen LogP contribution in [0.4, 0.5) is 11.8 Å². The molecular formula is C24H33N7O3S. The molecule has 3 aromatic rings. The number of nitrogens with zero attached hydrogens (tertiary/aromatic N) is 5. The van der Waals surface area contributed by atoms with Crippen LogP contribution in [0.25, 0.3) is 20.8 Å². The van der Waals surface area contributed by atoms with Gasteiger partial charge in [0.15, 0.2) is 0 Å². The third-order valence-corrected chi connectivity index (χ3v) is 8.29. The van der Waals surface area contributed by atoms with Crippen LogP contribution in [0.2, 0.25) is 0 Å². The second-order valence-electron chi connectivity index (χ2n) is 9.76. The summed E-state index contributed by atoms with van der Waals surface area (Å²) in [6.45, 7) is 4.75. The molecule has 188 valence electrons. The van der Waals surface area contributed by atoms with E-state index < -0.39 is 18.2 Å². The van der Waals surface area contributed by atoms with Gasteiger partial charge in [0.25, 0.3) is 0 Å². The first-order valence-electron chi connectivity index (χ1n) is 12.2. The Morgan fingerprint density at radius 1 is 1.14 bits per heavy atom. The van der Waals surface area contributed by atoms with Crippen molar-refractivity contribution in [1.82, 2.24) is 24.8 Å². The summed E-state index contributed by atoms with van der Waals surface area (Å²) in [5.74, 6) is 1.27. The molecule has 1 saturated heterocycles. The molecule has 4 heterocycles. The molecule has 10 nitrogen and oxygen atoms in total. The Labute approximate surface area is 208 Å². The monoisotopic (exact) mass is 499 g/mol. The van der Waals surface area contributed by atoms with Crippen LogP contribution in [0.3, 0.4) is 0 Å². The maximum absolute atomic E-state index is 10.6. The number of aliphatic hydroxyl groups is 3. The SMILES string of the molecule is Cc1nc(NCC2CCN(C)CC2)nc(N[C@@H]2C[C@H](CO)[C@@H](O)[C@H]2O)c1-c1nc2cnccc2s1. The van der Waals surface area contributed by atoms with Crippen LogP contribution in [0.15, 0.2) is 18.5 Å². The fourth-order valence-electron chi connectivity index (χ4n) is 5.03. The van der Waals surface area contributed by atoms with Gasteiger partial charge in [0.2, 0.25) is 5.95 Å². The lowest BCUT2D eigenvalue weighted by Crippen LogP contribution is -2.36. The highest BCUT2D eigenvalue weighted by Crippen LogP contribution is 2.38.